The van der Waals surface area contributed by atoms with Crippen LogP contribution < -0.4 is 5.32 Å². The Balaban J connectivity index is 1.87. The van der Waals surface area contributed by atoms with Gasteiger partial charge in [-0.25, -0.2) is 8.78 Å². The third kappa shape index (κ3) is 1.97. The molecule has 1 amide bonds. The largest absolute Gasteiger partial charge is 0.340 e. The summed E-state index contributed by atoms with van der Waals surface area (Å²) >= 11 is 0. The van der Waals surface area contributed by atoms with Gasteiger partial charge in [-0.15, -0.1) is 0 Å². The first-order chi connectivity index (χ1) is 7.05. The predicted octanol–water partition coefficient (Wildman–Crippen LogP) is 0.709. The average molecular weight is 218 g/mol. The van der Waals surface area contributed by atoms with Crippen LogP contribution in [0.15, 0.2) is 0 Å². The van der Waals surface area contributed by atoms with Gasteiger partial charge in [-0.1, -0.05) is 0 Å². The Kier molecular flexibility index (Phi) is 2.66. The van der Waals surface area contributed by atoms with Crippen LogP contribution in [0.2, 0.25) is 0 Å². The second kappa shape index (κ2) is 3.70. The Labute approximate surface area is 87.8 Å². The van der Waals surface area contributed by atoms with Crippen molar-refractivity contribution in [1.82, 2.24) is 10.2 Å². The van der Waals surface area contributed by atoms with Crippen LogP contribution >= 0.6 is 0 Å². The van der Waals surface area contributed by atoms with Gasteiger partial charge in [0.1, 0.15) is 0 Å². The zero-order chi connectivity index (χ0) is 11.1. The summed E-state index contributed by atoms with van der Waals surface area (Å²) in [6, 6.07) is 0. The first-order valence-corrected chi connectivity index (χ1v) is 5.29. The molecule has 2 atom stereocenters. The molecule has 1 aliphatic heterocycles. The van der Waals surface area contributed by atoms with Crippen molar-refractivity contribution < 1.29 is 13.6 Å². The van der Waals surface area contributed by atoms with E-state index >= 15 is 0 Å². The third-order valence-corrected chi connectivity index (χ3v) is 3.55. The fourth-order valence-electron chi connectivity index (χ4n) is 2.49. The van der Waals surface area contributed by atoms with Gasteiger partial charge in [0.05, 0.1) is 6.54 Å². The van der Waals surface area contributed by atoms with Crippen LogP contribution in [-0.2, 0) is 4.79 Å². The number of rotatable bonds is 3. The van der Waals surface area contributed by atoms with Gasteiger partial charge in [-0.3, -0.25) is 4.79 Å². The molecule has 0 bridgehead atoms. The zero-order valence-corrected chi connectivity index (χ0v) is 8.80. The number of carbonyl (C=O) groups is 1. The normalized spacial score (nSPS) is 33.7. The van der Waals surface area contributed by atoms with Crippen molar-refractivity contribution in [3.05, 3.63) is 0 Å². The molecule has 2 unspecified atom stereocenters. The first kappa shape index (κ1) is 10.8. The number of hydrogen-bond donors (Lipinski definition) is 1. The number of halogens is 2. The molecule has 1 aliphatic carbocycles. The first-order valence-electron chi connectivity index (χ1n) is 5.29. The van der Waals surface area contributed by atoms with Crippen molar-refractivity contribution in [3.8, 4) is 0 Å². The average Bonchev–Trinajstić information content (AvgIpc) is 2.61. The molecule has 2 fully saturated rings. The summed E-state index contributed by atoms with van der Waals surface area (Å²) in [5.41, 5.74) is 0.105. The molecule has 1 heterocycles. The summed E-state index contributed by atoms with van der Waals surface area (Å²) in [7, 11) is 1.46. The summed E-state index contributed by atoms with van der Waals surface area (Å²) < 4.78 is 24.2. The molecule has 86 valence electrons. The minimum atomic E-state index is -2.43. The molecule has 1 saturated carbocycles. The number of alkyl halides is 2. The molecule has 1 spiro atoms. The van der Waals surface area contributed by atoms with E-state index in [1.807, 2.05) is 0 Å². The number of carbonyl (C=O) groups excluding carboxylic acids is 1. The molecule has 1 saturated heterocycles. The standard InChI is InChI=1S/C10H16F2N2O/c1-14(5-8(11)12)9(15)7-4-10(7)2-3-13-6-10/h7-8,13H,2-6H2,1H3. The molecule has 0 aromatic carbocycles. The Bertz CT molecular complexity index is 264. The molecular weight excluding hydrogens is 202 g/mol. The lowest BCUT2D eigenvalue weighted by Crippen LogP contribution is -2.34. The van der Waals surface area contributed by atoms with E-state index in [4.69, 9.17) is 0 Å². The maximum Gasteiger partial charge on any atom is 0.255 e. The van der Waals surface area contributed by atoms with Crippen molar-refractivity contribution in [2.24, 2.45) is 11.3 Å². The smallest absolute Gasteiger partial charge is 0.255 e. The van der Waals surface area contributed by atoms with E-state index in [9.17, 15) is 13.6 Å². The van der Waals surface area contributed by atoms with E-state index in [1.165, 1.54) is 11.9 Å². The molecule has 5 heteroatoms. The van der Waals surface area contributed by atoms with Crippen molar-refractivity contribution in [3.63, 3.8) is 0 Å². The molecule has 0 aromatic heterocycles. The maximum atomic E-state index is 12.1. The second-order valence-corrected chi connectivity index (χ2v) is 4.66. The molecule has 1 N–H and O–H groups in total. The summed E-state index contributed by atoms with van der Waals surface area (Å²) in [5.74, 6) is -0.129. The van der Waals surface area contributed by atoms with Crippen LogP contribution in [0.25, 0.3) is 0 Å². The van der Waals surface area contributed by atoms with Gasteiger partial charge in [-0.2, -0.15) is 0 Å². The Morgan fingerprint density at radius 3 is 2.93 bits per heavy atom. The molecule has 2 rings (SSSR count). The van der Waals surface area contributed by atoms with Crippen LogP contribution in [0.5, 0.6) is 0 Å². The van der Waals surface area contributed by atoms with Crippen LogP contribution in [0.1, 0.15) is 12.8 Å². The van der Waals surface area contributed by atoms with Crippen molar-refractivity contribution in [1.29, 1.82) is 0 Å². The fraction of sp³-hybridized carbons (Fsp3) is 0.900. The maximum absolute atomic E-state index is 12.1. The monoisotopic (exact) mass is 218 g/mol. The lowest BCUT2D eigenvalue weighted by molar-refractivity contribution is -0.133. The van der Waals surface area contributed by atoms with E-state index in [1.54, 1.807) is 0 Å². The summed E-state index contributed by atoms with van der Waals surface area (Å²) in [5, 5.41) is 3.22. The lowest BCUT2D eigenvalue weighted by atomic mass is 10.0. The van der Waals surface area contributed by atoms with E-state index in [-0.39, 0.29) is 17.2 Å². The highest BCUT2D eigenvalue weighted by atomic mass is 19.3. The minimum absolute atomic E-state index is 0.0174. The Morgan fingerprint density at radius 1 is 1.67 bits per heavy atom. The molecule has 2 aliphatic rings. The van der Waals surface area contributed by atoms with Crippen LogP contribution in [0.4, 0.5) is 8.78 Å². The van der Waals surface area contributed by atoms with Gasteiger partial charge in [-0.05, 0) is 24.8 Å². The summed E-state index contributed by atoms with van der Waals surface area (Å²) in [6.07, 6.45) is -0.562. The highest BCUT2D eigenvalue weighted by Gasteiger charge is 2.59. The molecule has 0 aromatic rings. The Morgan fingerprint density at radius 2 is 2.40 bits per heavy atom. The SMILES string of the molecule is CN(CC(F)F)C(=O)C1CC12CCNC2. The Hall–Kier alpha value is -0.710. The lowest BCUT2D eigenvalue weighted by Gasteiger charge is -2.17. The predicted molar refractivity (Wildman–Crippen MR) is 51.7 cm³/mol. The summed E-state index contributed by atoms with van der Waals surface area (Å²) in [4.78, 5) is 12.9. The van der Waals surface area contributed by atoms with Crippen LogP contribution in [0.3, 0.4) is 0 Å². The van der Waals surface area contributed by atoms with Crippen LogP contribution in [-0.4, -0.2) is 43.9 Å². The zero-order valence-electron chi connectivity index (χ0n) is 8.80. The number of amides is 1. The van der Waals surface area contributed by atoms with E-state index in [2.05, 4.69) is 5.32 Å². The quantitative estimate of drug-likeness (QED) is 0.756. The van der Waals surface area contributed by atoms with Crippen molar-refractivity contribution >= 4 is 5.91 Å². The van der Waals surface area contributed by atoms with Crippen molar-refractivity contribution in [2.75, 3.05) is 26.7 Å². The van der Waals surface area contributed by atoms with E-state index in [0.717, 1.165) is 25.9 Å². The fourth-order valence-corrected chi connectivity index (χ4v) is 2.49. The van der Waals surface area contributed by atoms with Gasteiger partial charge < -0.3 is 10.2 Å². The van der Waals surface area contributed by atoms with Crippen molar-refractivity contribution in [2.45, 2.75) is 19.3 Å². The number of hydrogen-bond acceptors (Lipinski definition) is 2. The third-order valence-electron chi connectivity index (χ3n) is 3.55. The highest BCUT2D eigenvalue weighted by Crippen LogP contribution is 2.57. The number of nitrogens with one attached hydrogen (secondary N) is 1. The molecule has 15 heavy (non-hydrogen) atoms. The van der Waals surface area contributed by atoms with Crippen LogP contribution in [0, 0.1) is 11.3 Å². The summed E-state index contributed by atoms with van der Waals surface area (Å²) in [6.45, 7) is 1.37. The topological polar surface area (TPSA) is 32.3 Å². The molecule has 3 nitrogen and oxygen atoms in total. The molecular formula is C10H16F2N2O. The minimum Gasteiger partial charge on any atom is -0.340 e. The number of nitrogens with zero attached hydrogens (tertiary/aromatic N) is 1. The highest BCUT2D eigenvalue weighted by molar-refractivity contribution is 5.82. The van der Waals surface area contributed by atoms with Gasteiger partial charge in [0.2, 0.25) is 5.91 Å². The second-order valence-electron chi connectivity index (χ2n) is 4.66. The van der Waals surface area contributed by atoms with Gasteiger partial charge in [0, 0.05) is 19.5 Å². The van der Waals surface area contributed by atoms with Gasteiger partial charge in [0.15, 0.2) is 0 Å². The molecule has 0 radical (unpaired) electrons. The van der Waals surface area contributed by atoms with Gasteiger partial charge >= 0.3 is 0 Å². The van der Waals surface area contributed by atoms with E-state index in [0.29, 0.717) is 0 Å². The van der Waals surface area contributed by atoms with E-state index < -0.39 is 13.0 Å². The van der Waals surface area contributed by atoms with Gasteiger partial charge in [0.25, 0.3) is 6.43 Å².